The van der Waals surface area contributed by atoms with Crippen LogP contribution in [0.4, 0.5) is 4.39 Å². The van der Waals surface area contributed by atoms with Gasteiger partial charge in [0.2, 0.25) is 0 Å². The summed E-state index contributed by atoms with van der Waals surface area (Å²) in [5.41, 5.74) is 0.528. The number of aliphatic hydroxyl groups excluding tert-OH is 1. The summed E-state index contributed by atoms with van der Waals surface area (Å²) in [4.78, 5) is 13.6. The molecule has 21 heavy (non-hydrogen) atoms. The van der Waals surface area contributed by atoms with Gasteiger partial charge in [-0.05, 0) is 25.1 Å². The van der Waals surface area contributed by atoms with Crippen LogP contribution in [0.5, 0.6) is 0 Å². The number of aliphatic hydroxyl groups is 1. The number of benzene rings is 1. The first-order valence-electron chi connectivity index (χ1n) is 6.84. The quantitative estimate of drug-likeness (QED) is 0.825. The molecule has 1 aromatic heterocycles. The first kappa shape index (κ1) is 15.9. The minimum absolute atomic E-state index is 0.0844. The number of hydrogen-bond acceptors (Lipinski definition) is 4. The topological polar surface area (TPSA) is 60.8 Å². The summed E-state index contributed by atoms with van der Waals surface area (Å²) in [7, 11) is 0. The number of carboxylic acid groups (broad SMARTS) is 1. The number of thiophene rings is 1. The van der Waals surface area contributed by atoms with Gasteiger partial charge in [-0.1, -0.05) is 13.0 Å². The van der Waals surface area contributed by atoms with Gasteiger partial charge in [0, 0.05) is 35.3 Å². The van der Waals surface area contributed by atoms with Crippen molar-refractivity contribution in [3.8, 4) is 0 Å². The highest BCUT2D eigenvalue weighted by atomic mass is 32.1. The van der Waals surface area contributed by atoms with Crippen LogP contribution in [-0.4, -0.2) is 40.8 Å². The maximum absolute atomic E-state index is 14.1. The molecule has 0 fully saturated rings. The van der Waals surface area contributed by atoms with Crippen molar-refractivity contribution >= 4 is 27.4 Å². The van der Waals surface area contributed by atoms with Gasteiger partial charge in [-0.3, -0.25) is 4.90 Å². The van der Waals surface area contributed by atoms with Gasteiger partial charge in [-0.2, -0.15) is 0 Å². The van der Waals surface area contributed by atoms with E-state index < -0.39 is 5.97 Å². The first-order valence-corrected chi connectivity index (χ1v) is 7.66. The second-order valence-electron chi connectivity index (χ2n) is 4.77. The van der Waals surface area contributed by atoms with Gasteiger partial charge >= 0.3 is 5.97 Å². The zero-order chi connectivity index (χ0) is 15.4. The number of hydrogen-bond donors (Lipinski definition) is 2. The van der Waals surface area contributed by atoms with E-state index in [9.17, 15) is 14.3 Å². The van der Waals surface area contributed by atoms with Crippen molar-refractivity contribution in [3.63, 3.8) is 0 Å². The van der Waals surface area contributed by atoms with Crippen molar-refractivity contribution in [2.24, 2.45) is 0 Å². The van der Waals surface area contributed by atoms with Gasteiger partial charge in [-0.25, -0.2) is 9.18 Å². The normalized spacial score (nSPS) is 11.4. The van der Waals surface area contributed by atoms with E-state index in [1.165, 1.54) is 6.07 Å². The molecule has 0 saturated heterocycles. The zero-order valence-electron chi connectivity index (χ0n) is 11.8. The molecule has 0 saturated carbocycles. The molecule has 0 amide bonds. The fourth-order valence-corrected chi connectivity index (χ4v) is 3.42. The number of aromatic carboxylic acids is 1. The zero-order valence-corrected chi connectivity index (χ0v) is 12.6. The smallest absolute Gasteiger partial charge is 0.346 e. The molecule has 4 nitrogen and oxygen atoms in total. The number of nitrogens with zero attached hydrogens (tertiary/aromatic N) is 1. The standard InChI is InChI=1S/C15H18FNO3S/c1-2-17(7-4-8-18)9-10-13-11(16)5-3-6-12(13)21-14(10)15(19)20/h3,5-6,18H,2,4,7-9H2,1H3,(H,19,20). The van der Waals surface area contributed by atoms with Crippen LogP contribution in [0.1, 0.15) is 28.6 Å². The summed E-state index contributed by atoms with van der Waals surface area (Å²) in [5.74, 6) is -1.41. The number of rotatable bonds is 7. The van der Waals surface area contributed by atoms with Gasteiger partial charge in [0.05, 0.1) is 0 Å². The molecular formula is C15H18FNO3S. The van der Waals surface area contributed by atoms with Crippen LogP contribution >= 0.6 is 11.3 Å². The van der Waals surface area contributed by atoms with E-state index in [4.69, 9.17) is 5.11 Å². The fraction of sp³-hybridized carbons (Fsp3) is 0.400. The largest absolute Gasteiger partial charge is 0.477 e. The summed E-state index contributed by atoms with van der Waals surface area (Å²) in [5, 5.41) is 18.7. The number of carboxylic acids is 1. The molecule has 0 spiro atoms. The molecule has 0 aliphatic heterocycles. The van der Waals surface area contributed by atoms with Crippen LogP contribution in [0.2, 0.25) is 0 Å². The van der Waals surface area contributed by atoms with Crippen molar-refractivity contribution in [2.45, 2.75) is 19.9 Å². The molecule has 0 atom stereocenters. The van der Waals surface area contributed by atoms with E-state index in [1.807, 2.05) is 11.8 Å². The number of halogens is 1. The van der Waals surface area contributed by atoms with E-state index in [1.54, 1.807) is 12.1 Å². The molecule has 0 unspecified atom stereocenters. The van der Waals surface area contributed by atoms with Gasteiger partial charge in [0.1, 0.15) is 10.7 Å². The van der Waals surface area contributed by atoms with Crippen LogP contribution in [0.3, 0.4) is 0 Å². The molecule has 2 rings (SSSR count). The van der Waals surface area contributed by atoms with Crippen molar-refractivity contribution in [3.05, 3.63) is 34.5 Å². The second-order valence-corrected chi connectivity index (χ2v) is 5.83. The predicted molar refractivity (Wildman–Crippen MR) is 81.4 cm³/mol. The lowest BCUT2D eigenvalue weighted by molar-refractivity contribution is 0.0700. The first-order chi connectivity index (χ1) is 10.1. The molecule has 0 aliphatic rings. The summed E-state index contributed by atoms with van der Waals surface area (Å²) < 4.78 is 14.7. The monoisotopic (exact) mass is 311 g/mol. The fourth-order valence-electron chi connectivity index (χ4n) is 2.36. The maximum Gasteiger partial charge on any atom is 0.346 e. The number of carbonyl (C=O) groups is 1. The van der Waals surface area contributed by atoms with Gasteiger partial charge in [0.15, 0.2) is 0 Å². The Balaban J connectivity index is 2.44. The summed E-state index contributed by atoms with van der Waals surface area (Å²) >= 11 is 1.11. The summed E-state index contributed by atoms with van der Waals surface area (Å²) in [6.45, 7) is 3.78. The SMILES string of the molecule is CCN(CCCO)Cc1c(C(=O)O)sc2cccc(F)c12. The maximum atomic E-state index is 14.1. The molecule has 1 aromatic carbocycles. The minimum Gasteiger partial charge on any atom is -0.477 e. The molecule has 0 bridgehead atoms. The molecule has 1 heterocycles. The molecule has 2 N–H and O–H groups in total. The highest BCUT2D eigenvalue weighted by molar-refractivity contribution is 7.21. The predicted octanol–water partition coefficient (Wildman–Crippen LogP) is 2.94. The second kappa shape index (κ2) is 6.98. The lowest BCUT2D eigenvalue weighted by atomic mass is 10.1. The molecule has 2 aromatic rings. The van der Waals surface area contributed by atoms with Crippen LogP contribution in [0.15, 0.2) is 18.2 Å². The molecule has 6 heteroatoms. The third kappa shape index (κ3) is 3.40. The highest BCUT2D eigenvalue weighted by Gasteiger charge is 2.21. The van der Waals surface area contributed by atoms with Gasteiger partial charge in [0.25, 0.3) is 0 Å². The van der Waals surface area contributed by atoms with Crippen LogP contribution in [0, 0.1) is 5.82 Å². The Hall–Kier alpha value is -1.50. The summed E-state index contributed by atoms with van der Waals surface area (Å²) in [6, 6.07) is 4.68. The van der Waals surface area contributed by atoms with Crippen LogP contribution in [-0.2, 0) is 6.54 Å². The van der Waals surface area contributed by atoms with Crippen LogP contribution < -0.4 is 0 Å². The Morgan fingerprint density at radius 3 is 2.81 bits per heavy atom. The van der Waals surface area contributed by atoms with Crippen molar-refractivity contribution in [1.29, 1.82) is 0 Å². The van der Waals surface area contributed by atoms with E-state index in [0.717, 1.165) is 11.3 Å². The average Bonchev–Trinajstić information content (AvgIpc) is 2.83. The lowest BCUT2D eigenvalue weighted by Crippen LogP contribution is -2.25. The van der Waals surface area contributed by atoms with E-state index >= 15 is 0 Å². The Morgan fingerprint density at radius 2 is 2.19 bits per heavy atom. The highest BCUT2D eigenvalue weighted by Crippen LogP contribution is 2.34. The molecule has 0 aliphatic carbocycles. The third-order valence-electron chi connectivity index (χ3n) is 3.42. The Morgan fingerprint density at radius 1 is 1.43 bits per heavy atom. The van der Waals surface area contributed by atoms with E-state index in [0.29, 0.717) is 41.7 Å². The number of fused-ring (bicyclic) bond motifs is 1. The molecule has 0 radical (unpaired) electrons. The average molecular weight is 311 g/mol. The van der Waals surface area contributed by atoms with E-state index in [2.05, 4.69) is 0 Å². The van der Waals surface area contributed by atoms with Crippen molar-refractivity contribution in [1.82, 2.24) is 4.90 Å². The van der Waals surface area contributed by atoms with Crippen molar-refractivity contribution in [2.75, 3.05) is 19.7 Å². The minimum atomic E-state index is -1.02. The van der Waals surface area contributed by atoms with Crippen LogP contribution in [0.25, 0.3) is 10.1 Å². The van der Waals surface area contributed by atoms with Crippen molar-refractivity contribution < 1.29 is 19.4 Å². The molecule has 114 valence electrons. The van der Waals surface area contributed by atoms with Gasteiger partial charge in [-0.15, -0.1) is 11.3 Å². The Bertz CT molecular complexity index is 641. The third-order valence-corrected chi connectivity index (χ3v) is 4.60. The summed E-state index contributed by atoms with van der Waals surface area (Å²) in [6.07, 6.45) is 0.612. The van der Waals surface area contributed by atoms with E-state index in [-0.39, 0.29) is 17.3 Å². The Labute approximate surface area is 126 Å². The molecular weight excluding hydrogens is 293 g/mol. The lowest BCUT2D eigenvalue weighted by Gasteiger charge is -2.20. The van der Waals surface area contributed by atoms with Gasteiger partial charge < -0.3 is 10.2 Å². The Kier molecular flexibility index (Phi) is 5.27.